The van der Waals surface area contributed by atoms with Gasteiger partial charge in [0, 0.05) is 4.47 Å². The summed E-state index contributed by atoms with van der Waals surface area (Å²) < 4.78 is 13.3. The largest absolute Gasteiger partial charge is 0.490 e. The van der Waals surface area contributed by atoms with E-state index in [1.54, 1.807) is 0 Å². The number of hydrogen-bond acceptors (Lipinski definition) is 5. The lowest BCUT2D eigenvalue weighted by Gasteiger charge is -2.13. The number of amides is 1. The van der Waals surface area contributed by atoms with E-state index in [0.717, 1.165) is 25.0 Å². The Bertz CT molecular complexity index is 945. The van der Waals surface area contributed by atoms with Gasteiger partial charge in [0.1, 0.15) is 0 Å². The summed E-state index contributed by atoms with van der Waals surface area (Å²) in [4.78, 5) is 17.4. The molecule has 0 saturated carbocycles. The van der Waals surface area contributed by atoms with Crippen molar-refractivity contribution in [3.8, 4) is 11.5 Å². The molecule has 2 aromatic carbocycles. The predicted molar refractivity (Wildman–Crippen MR) is 126 cm³/mol. The highest BCUT2D eigenvalue weighted by atomic mass is 127. The molecule has 1 aliphatic heterocycles. The zero-order valence-corrected chi connectivity index (χ0v) is 19.9. The van der Waals surface area contributed by atoms with E-state index in [1.165, 1.54) is 11.8 Å². The quantitative estimate of drug-likeness (QED) is 0.354. The maximum Gasteiger partial charge on any atom is 0.264 e. The fourth-order valence-electron chi connectivity index (χ4n) is 2.48. The molecule has 2 aromatic rings. The first-order chi connectivity index (χ1) is 13.5. The number of ether oxygens (including phenoxy) is 2. The second-order valence-electron chi connectivity index (χ2n) is 5.65. The minimum atomic E-state index is -0.164. The molecule has 0 spiro atoms. The molecule has 0 bridgehead atoms. The molecule has 1 heterocycles. The lowest BCUT2D eigenvalue weighted by atomic mass is 10.2. The van der Waals surface area contributed by atoms with Crippen LogP contribution in [0.1, 0.15) is 19.4 Å². The average molecular weight is 573 g/mol. The Morgan fingerprint density at radius 3 is 2.57 bits per heavy atom. The summed E-state index contributed by atoms with van der Waals surface area (Å²) >= 11 is 6.93. The number of benzene rings is 2. The molecule has 1 amide bonds. The maximum absolute atomic E-state index is 12.4. The topological polar surface area (TPSA) is 59.9 Å². The minimum Gasteiger partial charge on any atom is -0.490 e. The number of carbonyl (C=O) groups is 1. The smallest absolute Gasteiger partial charge is 0.264 e. The highest BCUT2D eigenvalue weighted by Gasteiger charge is 2.24. The number of amidine groups is 1. The highest BCUT2D eigenvalue weighted by Crippen LogP contribution is 2.36. The van der Waals surface area contributed by atoms with E-state index in [4.69, 9.17) is 9.47 Å². The number of rotatable bonds is 6. The van der Waals surface area contributed by atoms with E-state index in [2.05, 4.69) is 48.8 Å². The number of nitrogens with one attached hydrogen (secondary N) is 1. The molecular weight excluding hydrogens is 555 g/mol. The van der Waals surface area contributed by atoms with E-state index < -0.39 is 0 Å². The molecule has 1 fully saturated rings. The molecule has 1 saturated heterocycles. The van der Waals surface area contributed by atoms with Crippen LogP contribution < -0.4 is 14.8 Å². The highest BCUT2D eigenvalue weighted by molar-refractivity contribution is 14.1. The van der Waals surface area contributed by atoms with Crippen LogP contribution in [-0.2, 0) is 4.79 Å². The van der Waals surface area contributed by atoms with Crippen LogP contribution in [0.3, 0.4) is 0 Å². The molecule has 1 N–H and O–H groups in total. The standard InChI is InChI=1S/C20H18BrIN2O3S/c1-3-26-16-10-12(9-15(22)18(16)27-4-2)11-17-19(25)24-20(28-17)23-14-7-5-13(21)6-8-14/h5-11H,3-4H2,1-2H3,(H,23,24,25)/b17-11-. The molecule has 0 aliphatic carbocycles. The van der Waals surface area contributed by atoms with Gasteiger partial charge in [-0.25, -0.2) is 4.99 Å². The maximum atomic E-state index is 12.4. The average Bonchev–Trinajstić information content (AvgIpc) is 2.99. The van der Waals surface area contributed by atoms with Crippen LogP contribution in [0.25, 0.3) is 6.08 Å². The molecule has 0 atom stereocenters. The van der Waals surface area contributed by atoms with Crippen LogP contribution in [0, 0.1) is 3.57 Å². The SMILES string of the molecule is CCOc1cc(/C=C2\SC(=Nc3ccc(Br)cc3)NC2=O)cc(I)c1OCC. The molecule has 8 heteroatoms. The summed E-state index contributed by atoms with van der Waals surface area (Å²) in [5, 5.41) is 3.37. The summed E-state index contributed by atoms with van der Waals surface area (Å²) in [7, 11) is 0. The molecule has 1 aliphatic rings. The normalized spacial score (nSPS) is 16.5. The first-order valence-electron chi connectivity index (χ1n) is 8.64. The number of thioether (sulfide) groups is 1. The molecule has 0 aromatic heterocycles. The molecule has 3 rings (SSSR count). The van der Waals surface area contributed by atoms with Crippen LogP contribution in [0.5, 0.6) is 11.5 Å². The van der Waals surface area contributed by atoms with Crippen molar-refractivity contribution in [1.29, 1.82) is 0 Å². The van der Waals surface area contributed by atoms with E-state index in [-0.39, 0.29) is 5.91 Å². The fourth-order valence-corrected chi connectivity index (χ4v) is 4.37. The Hall–Kier alpha value is -1.52. The van der Waals surface area contributed by atoms with E-state index in [9.17, 15) is 4.79 Å². The van der Waals surface area contributed by atoms with Gasteiger partial charge in [0.2, 0.25) is 0 Å². The van der Waals surface area contributed by atoms with Gasteiger partial charge in [-0.3, -0.25) is 4.79 Å². The van der Waals surface area contributed by atoms with Crippen molar-refractivity contribution < 1.29 is 14.3 Å². The number of nitrogens with zero attached hydrogens (tertiary/aromatic N) is 1. The predicted octanol–water partition coefficient (Wildman–Crippen LogP) is 5.74. The van der Waals surface area contributed by atoms with Crippen molar-refractivity contribution in [1.82, 2.24) is 5.32 Å². The van der Waals surface area contributed by atoms with Crippen molar-refractivity contribution >= 4 is 73.1 Å². The van der Waals surface area contributed by atoms with Gasteiger partial charge in [-0.15, -0.1) is 0 Å². The third-order valence-corrected chi connectivity index (χ3v) is 5.87. The van der Waals surface area contributed by atoms with Gasteiger partial charge >= 0.3 is 0 Å². The number of halogens is 2. The van der Waals surface area contributed by atoms with Gasteiger partial charge in [-0.1, -0.05) is 15.9 Å². The summed E-state index contributed by atoms with van der Waals surface area (Å²) in [6.07, 6.45) is 1.84. The van der Waals surface area contributed by atoms with Gasteiger partial charge < -0.3 is 14.8 Å². The first-order valence-corrected chi connectivity index (χ1v) is 11.3. The van der Waals surface area contributed by atoms with Gasteiger partial charge in [0.05, 0.1) is 27.4 Å². The number of carbonyl (C=O) groups excluding carboxylic acids is 1. The van der Waals surface area contributed by atoms with Crippen LogP contribution in [-0.4, -0.2) is 24.3 Å². The summed E-state index contributed by atoms with van der Waals surface area (Å²) in [6, 6.07) is 11.5. The van der Waals surface area contributed by atoms with Crippen molar-refractivity contribution in [2.45, 2.75) is 13.8 Å². The Labute approximate surface area is 190 Å². The van der Waals surface area contributed by atoms with E-state index >= 15 is 0 Å². The molecule has 5 nitrogen and oxygen atoms in total. The Morgan fingerprint density at radius 1 is 1.18 bits per heavy atom. The molecule has 146 valence electrons. The third kappa shape index (κ3) is 5.30. The number of aliphatic imine (C=N–C) groups is 1. The van der Waals surface area contributed by atoms with Crippen LogP contribution in [0.2, 0.25) is 0 Å². The lowest BCUT2D eigenvalue weighted by molar-refractivity contribution is -0.115. The van der Waals surface area contributed by atoms with Gasteiger partial charge in [-0.05, 0) is 96.2 Å². The van der Waals surface area contributed by atoms with E-state index in [0.29, 0.717) is 29.0 Å². The molecular formula is C20H18BrIN2O3S. The zero-order chi connectivity index (χ0) is 20.1. The number of hydrogen-bond donors (Lipinski definition) is 1. The minimum absolute atomic E-state index is 0.164. The lowest BCUT2D eigenvalue weighted by Crippen LogP contribution is -2.19. The summed E-state index contributed by atoms with van der Waals surface area (Å²) in [6.45, 7) is 4.96. The first kappa shape index (κ1) is 21.2. The van der Waals surface area contributed by atoms with Gasteiger partial charge in [-0.2, -0.15) is 0 Å². The Balaban J connectivity index is 1.86. The Kier molecular flexibility index (Phi) is 7.42. The van der Waals surface area contributed by atoms with Crippen molar-refractivity contribution in [2.75, 3.05) is 13.2 Å². The van der Waals surface area contributed by atoms with Gasteiger partial charge in [0.25, 0.3) is 5.91 Å². The van der Waals surface area contributed by atoms with Crippen molar-refractivity contribution in [3.05, 3.63) is 54.9 Å². The van der Waals surface area contributed by atoms with E-state index in [1.807, 2.05) is 56.3 Å². The molecule has 28 heavy (non-hydrogen) atoms. The van der Waals surface area contributed by atoms with Crippen molar-refractivity contribution in [3.63, 3.8) is 0 Å². The van der Waals surface area contributed by atoms with Gasteiger partial charge in [0.15, 0.2) is 16.7 Å². The van der Waals surface area contributed by atoms with Crippen molar-refractivity contribution in [2.24, 2.45) is 4.99 Å². The van der Waals surface area contributed by atoms with Crippen LogP contribution in [0.15, 0.2) is 50.8 Å². The van der Waals surface area contributed by atoms with Crippen LogP contribution >= 0.6 is 50.3 Å². The summed E-state index contributed by atoms with van der Waals surface area (Å²) in [5.74, 6) is 1.24. The third-order valence-electron chi connectivity index (χ3n) is 3.63. The zero-order valence-electron chi connectivity index (χ0n) is 15.3. The summed E-state index contributed by atoms with van der Waals surface area (Å²) in [5.41, 5.74) is 1.65. The molecule has 0 unspecified atom stereocenters. The Morgan fingerprint density at radius 2 is 1.89 bits per heavy atom. The monoisotopic (exact) mass is 572 g/mol. The molecule has 0 radical (unpaired) electrons. The fraction of sp³-hybridized carbons (Fsp3) is 0.200. The van der Waals surface area contributed by atoms with Crippen LogP contribution in [0.4, 0.5) is 5.69 Å². The second-order valence-corrected chi connectivity index (χ2v) is 8.76. The second kappa shape index (κ2) is 9.80.